The first-order valence-corrected chi connectivity index (χ1v) is 4.77. The monoisotopic (exact) mass is 213 g/mol. The summed E-state index contributed by atoms with van der Waals surface area (Å²) in [7, 11) is 0. The summed E-state index contributed by atoms with van der Waals surface area (Å²) in [6.45, 7) is 2.29. The number of hydrogen-bond acceptors (Lipinski definition) is 4. The second-order valence-corrected chi connectivity index (χ2v) is 3.23. The molecular weight excluding hydrogens is 202 g/mol. The predicted octanol–water partition coefficient (Wildman–Crippen LogP) is 2.21. The molecule has 5 heteroatoms. The van der Waals surface area contributed by atoms with Crippen molar-refractivity contribution in [2.45, 2.75) is 6.92 Å². The number of nitrogens with zero attached hydrogens (tertiary/aromatic N) is 1. The fourth-order valence-corrected chi connectivity index (χ4v) is 1.10. The molecule has 1 aromatic carbocycles. The Morgan fingerprint density at radius 3 is 2.86 bits per heavy atom. The SMILES string of the molecule is Cc1ccc([N+](=O)[O-])cc1OCCS. The summed E-state index contributed by atoms with van der Waals surface area (Å²) in [5.41, 5.74) is 0.933. The van der Waals surface area contributed by atoms with Crippen LogP contribution in [0, 0.1) is 17.0 Å². The Bertz CT molecular complexity index is 341. The van der Waals surface area contributed by atoms with Crippen LogP contribution in [0.2, 0.25) is 0 Å². The van der Waals surface area contributed by atoms with Crippen molar-refractivity contribution >= 4 is 18.3 Å². The topological polar surface area (TPSA) is 52.4 Å². The molecule has 0 N–H and O–H groups in total. The lowest BCUT2D eigenvalue weighted by atomic mass is 10.2. The lowest BCUT2D eigenvalue weighted by Gasteiger charge is -2.06. The van der Waals surface area contributed by atoms with Crippen LogP contribution in [0.5, 0.6) is 5.75 Å². The Hall–Kier alpha value is -1.23. The van der Waals surface area contributed by atoms with Crippen molar-refractivity contribution in [3.05, 3.63) is 33.9 Å². The van der Waals surface area contributed by atoms with Crippen molar-refractivity contribution in [1.29, 1.82) is 0 Å². The fourth-order valence-electron chi connectivity index (χ4n) is 1.01. The van der Waals surface area contributed by atoms with E-state index in [0.29, 0.717) is 18.1 Å². The van der Waals surface area contributed by atoms with Crippen molar-refractivity contribution in [3.63, 3.8) is 0 Å². The highest BCUT2D eigenvalue weighted by Gasteiger charge is 2.08. The first-order chi connectivity index (χ1) is 6.65. The molecule has 0 radical (unpaired) electrons. The van der Waals surface area contributed by atoms with Gasteiger partial charge in [0.25, 0.3) is 5.69 Å². The van der Waals surface area contributed by atoms with E-state index >= 15 is 0 Å². The van der Waals surface area contributed by atoms with Gasteiger partial charge in [-0.15, -0.1) is 0 Å². The van der Waals surface area contributed by atoms with Gasteiger partial charge in [-0.25, -0.2) is 0 Å². The minimum atomic E-state index is -0.438. The van der Waals surface area contributed by atoms with Gasteiger partial charge in [-0.2, -0.15) is 12.6 Å². The number of nitro groups is 1. The number of nitro benzene ring substituents is 1. The number of hydrogen-bond donors (Lipinski definition) is 1. The van der Waals surface area contributed by atoms with Crippen molar-refractivity contribution in [3.8, 4) is 5.75 Å². The van der Waals surface area contributed by atoms with Gasteiger partial charge in [0, 0.05) is 11.8 Å². The minimum Gasteiger partial charge on any atom is -0.492 e. The zero-order valence-electron chi connectivity index (χ0n) is 7.77. The van der Waals surface area contributed by atoms with Crippen LogP contribution in [-0.4, -0.2) is 17.3 Å². The largest absolute Gasteiger partial charge is 0.492 e. The third-order valence-electron chi connectivity index (χ3n) is 1.73. The van der Waals surface area contributed by atoms with E-state index in [9.17, 15) is 10.1 Å². The molecule has 0 atom stereocenters. The molecule has 0 fully saturated rings. The Morgan fingerprint density at radius 1 is 1.57 bits per heavy atom. The molecule has 0 aliphatic heterocycles. The summed E-state index contributed by atoms with van der Waals surface area (Å²) in [6.07, 6.45) is 0. The standard InChI is InChI=1S/C9H11NO3S/c1-7-2-3-8(10(11)12)6-9(7)13-4-5-14/h2-3,6,14H,4-5H2,1H3. The maximum absolute atomic E-state index is 10.5. The van der Waals surface area contributed by atoms with Crippen LogP contribution in [0.1, 0.15) is 5.56 Å². The van der Waals surface area contributed by atoms with E-state index in [1.54, 1.807) is 6.07 Å². The molecule has 4 nitrogen and oxygen atoms in total. The molecule has 0 saturated heterocycles. The summed E-state index contributed by atoms with van der Waals surface area (Å²) in [6, 6.07) is 4.56. The maximum Gasteiger partial charge on any atom is 0.273 e. The van der Waals surface area contributed by atoms with E-state index in [4.69, 9.17) is 4.74 Å². The predicted molar refractivity (Wildman–Crippen MR) is 57.2 cm³/mol. The van der Waals surface area contributed by atoms with Gasteiger partial charge >= 0.3 is 0 Å². The van der Waals surface area contributed by atoms with Crippen molar-refractivity contribution in [2.24, 2.45) is 0 Å². The Kier molecular flexibility index (Phi) is 3.76. The van der Waals surface area contributed by atoms with Gasteiger partial charge in [0.1, 0.15) is 5.75 Å². The van der Waals surface area contributed by atoms with Crippen molar-refractivity contribution in [1.82, 2.24) is 0 Å². The molecule has 0 heterocycles. The second-order valence-electron chi connectivity index (χ2n) is 2.78. The van der Waals surface area contributed by atoms with Crippen LogP contribution < -0.4 is 4.74 Å². The minimum absolute atomic E-state index is 0.0461. The highest BCUT2D eigenvalue weighted by molar-refractivity contribution is 7.80. The molecule has 0 aromatic heterocycles. The third kappa shape index (κ3) is 2.63. The van der Waals surface area contributed by atoms with Gasteiger partial charge in [0.05, 0.1) is 17.6 Å². The smallest absolute Gasteiger partial charge is 0.273 e. The molecule has 0 amide bonds. The number of rotatable bonds is 4. The van der Waals surface area contributed by atoms with Crippen molar-refractivity contribution < 1.29 is 9.66 Å². The Balaban J connectivity index is 2.90. The van der Waals surface area contributed by atoms with Gasteiger partial charge in [0.15, 0.2) is 0 Å². The third-order valence-corrected chi connectivity index (χ3v) is 1.91. The van der Waals surface area contributed by atoms with Crippen LogP contribution in [0.25, 0.3) is 0 Å². The normalized spacial score (nSPS) is 9.86. The average Bonchev–Trinajstić information content (AvgIpc) is 2.16. The molecule has 0 spiro atoms. The lowest BCUT2D eigenvalue weighted by molar-refractivity contribution is -0.384. The van der Waals surface area contributed by atoms with E-state index in [1.807, 2.05) is 6.92 Å². The van der Waals surface area contributed by atoms with Crippen LogP contribution >= 0.6 is 12.6 Å². The summed E-state index contributed by atoms with van der Waals surface area (Å²) < 4.78 is 5.30. The first kappa shape index (κ1) is 10.8. The lowest BCUT2D eigenvalue weighted by Crippen LogP contribution is -2.00. The van der Waals surface area contributed by atoms with E-state index in [2.05, 4.69) is 12.6 Å². The van der Waals surface area contributed by atoms with Crippen LogP contribution in [-0.2, 0) is 0 Å². The van der Waals surface area contributed by atoms with E-state index in [-0.39, 0.29) is 5.69 Å². The van der Waals surface area contributed by atoms with E-state index in [0.717, 1.165) is 5.56 Å². The van der Waals surface area contributed by atoms with Gasteiger partial charge in [-0.3, -0.25) is 10.1 Å². The molecule has 76 valence electrons. The number of thiol groups is 1. The maximum atomic E-state index is 10.5. The first-order valence-electron chi connectivity index (χ1n) is 4.14. The second kappa shape index (κ2) is 4.85. The molecule has 0 unspecified atom stereocenters. The van der Waals surface area contributed by atoms with E-state index < -0.39 is 4.92 Å². The Morgan fingerprint density at radius 2 is 2.29 bits per heavy atom. The van der Waals surface area contributed by atoms with Crippen LogP contribution in [0.4, 0.5) is 5.69 Å². The molecule has 0 aliphatic rings. The summed E-state index contributed by atoms with van der Waals surface area (Å²) in [5, 5.41) is 10.5. The van der Waals surface area contributed by atoms with Gasteiger partial charge in [0.2, 0.25) is 0 Å². The van der Waals surface area contributed by atoms with Crippen LogP contribution in [0.3, 0.4) is 0 Å². The molecule has 0 aliphatic carbocycles. The average molecular weight is 213 g/mol. The summed E-state index contributed by atoms with van der Waals surface area (Å²) in [5.74, 6) is 1.13. The molecule has 14 heavy (non-hydrogen) atoms. The number of aryl methyl sites for hydroxylation is 1. The molecule has 1 rings (SSSR count). The molecule has 1 aromatic rings. The van der Waals surface area contributed by atoms with Gasteiger partial charge in [-0.05, 0) is 18.6 Å². The summed E-state index contributed by atoms with van der Waals surface area (Å²) >= 11 is 3.99. The quantitative estimate of drug-likeness (QED) is 0.474. The number of ether oxygens (including phenoxy) is 1. The van der Waals surface area contributed by atoms with Crippen molar-refractivity contribution in [2.75, 3.05) is 12.4 Å². The summed E-state index contributed by atoms with van der Waals surface area (Å²) in [4.78, 5) is 10.0. The Labute approximate surface area is 87.4 Å². The molecule has 0 saturated carbocycles. The zero-order valence-corrected chi connectivity index (χ0v) is 8.66. The van der Waals surface area contributed by atoms with Gasteiger partial charge in [-0.1, -0.05) is 0 Å². The van der Waals surface area contributed by atoms with Gasteiger partial charge < -0.3 is 4.74 Å². The zero-order chi connectivity index (χ0) is 10.6. The van der Waals surface area contributed by atoms with E-state index in [1.165, 1.54) is 12.1 Å². The number of benzene rings is 1. The highest BCUT2D eigenvalue weighted by Crippen LogP contribution is 2.23. The van der Waals surface area contributed by atoms with Crippen LogP contribution in [0.15, 0.2) is 18.2 Å². The molecular formula is C9H11NO3S. The highest BCUT2D eigenvalue weighted by atomic mass is 32.1. The fraction of sp³-hybridized carbons (Fsp3) is 0.333. The number of non-ortho nitro benzene ring substituents is 1. The molecule has 0 bridgehead atoms.